The minimum absolute atomic E-state index is 0.00751. The molecule has 3 aromatic rings. The van der Waals surface area contributed by atoms with Crippen molar-refractivity contribution in [1.82, 2.24) is 10.3 Å². The van der Waals surface area contributed by atoms with Crippen molar-refractivity contribution < 1.29 is 28.5 Å². The normalized spacial score (nSPS) is 13.1. The number of benzene rings is 2. The van der Waals surface area contributed by atoms with Crippen LogP contribution in [0.5, 0.6) is 17.2 Å². The smallest absolute Gasteiger partial charge is 0.328 e. The maximum atomic E-state index is 12.9. The molecule has 0 bridgehead atoms. The molecule has 8 nitrogen and oxygen atoms in total. The number of hydrogen-bond acceptors (Lipinski definition) is 7. The van der Waals surface area contributed by atoms with Crippen LogP contribution >= 0.6 is 11.6 Å². The van der Waals surface area contributed by atoms with E-state index in [2.05, 4.69) is 10.3 Å². The number of para-hydroxylation sites is 1. The fourth-order valence-corrected chi connectivity index (χ4v) is 3.64. The van der Waals surface area contributed by atoms with E-state index in [1.807, 2.05) is 30.3 Å². The van der Waals surface area contributed by atoms with Gasteiger partial charge in [-0.3, -0.25) is 4.79 Å². The zero-order chi connectivity index (χ0) is 26.1. The molecule has 0 aliphatic carbocycles. The molecule has 0 fully saturated rings. The van der Waals surface area contributed by atoms with Crippen molar-refractivity contribution in [1.29, 1.82) is 0 Å². The van der Waals surface area contributed by atoms with Gasteiger partial charge in [-0.05, 0) is 38.5 Å². The SMILES string of the molecule is CCOc1c(OC)ccnc1C(=O)N[C@@H](C)C(=O)O[C@@H](C)[C@H](Oc1ccccc1Cl)c1ccccc1. The molecule has 9 heteroatoms. The van der Waals surface area contributed by atoms with Crippen molar-refractivity contribution in [3.05, 3.63) is 83.1 Å². The first-order valence-corrected chi connectivity index (χ1v) is 11.9. The fraction of sp³-hybridized carbons (Fsp3) is 0.296. The van der Waals surface area contributed by atoms with E-state index in [1.54, 1.807) is 44.2 Å². The highest BCUT2D eigenvalue weighted by atomic mass is 35.5. The third-order valence-corrected chi connectivity index (χ3v) is 5.55. The van der Waals surface area contributed by atoms with Crippen LogP contribution < -0.4 is 19.5 Å². The van der Waals surface area contributed by atoms with E-state index >= 15 is 0 Å². The number of aromatic nitrogens is 1. The first-order valence-electron chi connectivity index (χ1n) is 11.5. The largest absolute Gasteiger partial charge is 0.493 e. The number of rotatable bonds is 11. The number of methoxy groups -OCH3 is 1. The second-order valence-corrected chi connectivity index (χ2v) is 8.25. The molecule has 1 heterocycles. The van der Waals surface area contributed by atoms with Crippen LogP contribution in [0.25, 0.3) is 0 Å². The lowest BCUT2D eigenvalue weighted by Crippen LogP contribution is -2.42. The summed E-state index contributed by atoms with van der Waals surface area (Å²) in [5.41, 5.74) is 0.810. The Labute approximate surface area is 215 Å². The molecule has 1 aromatic heterocycles. The number of pyridine rings is 1. The summed E-state index contributed by atoms with van der Waals surface area (Å²) in [5.74, 6) is -0.207. The number of ether oxygens (including phenoxy) is 4. The monoisotopic (exact) mass is 512 g/mol. The van der Waals surface area contributed by atoms with E-state index in [-0.39, 0.29) is 11.4 Å². The molecular weight excluding hydrogens is 484 g/mol. The average Bonchev–Trinajstić information content (AvgIpc) is 2.88. The highest BCUT2D eigenvalue weighted by Crippen LogP contribution is 2.32. The third kappa shape index (κ3) is 6.66. The summed E-state index contributed by atoms with van der Waals surface area (Å²) in [7, 11) is 1.47. The molecule has 0 aliphatic heterocycles. The Kier molecular flexibility index (Phi) is 9.53. The predicted octanol–water partition coefficient (Wildman–Crippen LogP) is 5.01. The summed E-state index contributed by atoms with van der Waals surface area (Å²) in [4.78, 5) is 29.9. The van der Waals surface area contributed by atoms with Crippen LogP contribution in [-0.2, 0) is 9.53 Å². The van der Waals surface area contributed by atoms with Crippen LogP contribution in [0.2, 0.25) is 5.02 Å². The van der Waals surface area contributed by atoms with E-state index in [9.17, 15) is 9.59 Å². The molecule has 3 atom stereocenters. The van der Waals surface area contributed by atoms with E-state index in [0.717, 1.165) is 5.56 Å². The lowest BCUT2D eigenvalue weighted by atomic mass is 10.0. The van der Waals surface area contributed by atoms with Gasteiger partial charge >= 0.3 is 5.97 Å². The van der Waals surface area contributed by atoms with Gasteiger partial charge < -0.3 is 24.3 Å². The van der Waals surface area contributed by atoms with Gasteiger partial charge in [-0.2, -0.15) is 0 Å². The minimum Gasteiger partial charge on any atom is -0.493 e. The molecule has 0 unspecified atom stereocenters. The van der Waals surface area contributed by atoms with Crippen molar-refractivity contribution in [2.45, 2.75) is 39.0 Å². The van der Waals surface area contributed by atoms with E-state index in [4.69, 9.17) is 30.5 Å². The molecule has 0 saturated heterocycles. The molecule has 190 valence electrons. The first-order chi connectivity index (χ1) is 17.3. The van der Waals surface area contributed by atoms with Gasteiger partial charge in [0, 0.05) is 12.3 Å². The van der Waals surface area contributed by atoms with Gasteiger partial charge in [0.15, 0.2) is 23.3 Å². The molecule has 0 spiro atoms. The lowest BCUT2D eigenvalue weighted by molar-refractivity contribution is -0.154. The van der Waals surface area contributed by atoms with Gasteiger partial charge in [-0.1, -0.05) is 54.1 Å². The average molecular weight is 513 g/mol. The van der Waals surface area contributed by atoms with Crippen LogP contribution in [0, 0.1) is 0 Å². The van der Waals surface area contributed by atoms with Crippen LogP contribution in [0.15, 0.2) is 66.9 Å². The molecular formula is C27H29ClN2O6. The maximum Gasteiger partial charge on any atom is 0.328 e. The quantitative estimate of drug-likeness (QED) is 0.361. The lowest BCUT2D eigenvalue weighted by Gasteiger charge is -2.27. The van der Waals surface area contributed by atoms with Gasteiger partial charge in [-0.15, -0.1) is 0 Å². The summed E-state index contributed by atoms with van der Waals surface area (Å²) in [6.07, 6.45) is 0.0877. The number of halogens is 1. The summed E-state index contributed by atoms with van der Waals surface area (Å²) in [5, 5.41) is 3.05. The number of nitrogens with zero attached hydrogens (tertiary/aromatic N) is 1. The number of amides is 1. The molecule has 0 saturated carbocycles. The number of hydrogen-bond donors (Lipinski definition) is 1. The van der Waals surface area contributed by atoms with Crippen LogP contribution in [0.3, 0.4) is 0 Å². The molecule has 0 aliphatic rings. The third-order valence-electron chi connectivity index (χ3n) is 5.24. The van der Waals surface area contributed by atoms with Crippen LogP contribution in [0.4, 0.5) is 0 Å². The summed E-state index contributed by atoms with van der Waals surface area (Å²) < 4.78 is 22.7. The minimum atomic E-state index is -0.973. The molecule has 3 rings (SSSR count). The Hall–Kier alpha value is -3.78. The zero-order valence-corrected chi connectivity index (χ0v) is 21.3. The van der Waals surface area contributed by atoms with E-state index < -0.39 is 30.1 Å². The number of nitrogens with one attached hydrogen (secondary N) is 1. The van der Waals surface area contributed by atoms with Crippen molar-refractivity contribution in [3.63, 3.8) is 0 Å². The van der Waals surface area contributed by atoms with E-state index in [0.29, 0.717) is 23.1 Å². The number of carbonyl (C=O) groups excluding carboxylic acids is 2. The highest BCUT2D eigenvalue weighted by Gasteiger charge is 2.29. The molecule has 36 heavy (non-hydrogen) atoms. The van der Waals surface area contributed by atoms with Gasteiger partial charge in [0.2, 0.25) is 0 Å². The first kappa shape index (κ1) is 26.8. The number of carbonyl (C=O) groups is 2. The Morgan fingerprint density at radius 1 is 1.00 bits per heavy atom. The summed E-state index contributed by atoms with van der Waals surface area (Å²) in [6.45, 7) is 5.34. The van der Waals surface area contributed by atoms with Crippen molar-refractivity contribution in [3.8, 4) is 17.2 Å². The number of esters is 1. The second-order valence-electron chi connectivity index (χ2n) is 7.84. The summed E-state index contributed by atoms with van der Waals surface area (Å²) >= 11 is 6.28. The van der Waals surface area contributed by atoms with Crippen molar-refractivity contribution in [2.75, 3.05) is 13.7 Å². The van der Waals surface area contributed by atoms with Gasteiger partial charge in [0.25, 0.3) is 5.91 Å². The van der Waals surface area contributed by atoms with Gasteiger partial charge in [-0.25, -0.2) is 9.78 Å². The molecule has 2 aromatic carbocycles. The molecule has 1 amide bonds. The zero-order valence-electron chi connectivity index (χ0n) is 20.6. The van der Waals surface area contributed by atoms with Crippen molar-refractivity contribution in [2.24, 2.45) is 0 Å². The van der Waals surface area contributed by atoms with Crippen LogP contribution in [-0.4, -0.2) is 42.7 Å². The van der Waals surface area contributed by atoms with Crippen LogP contribution in [0.1, 0.15) is 42.9 Å². The molecule has 0 radical (unpaired) electrons. The second kappa shape index (κ2) is 12.8. The van der Waals surface area contributed by atoms with Gasteiger partial charge in [0.1, 0.15) is 17.9 Å². The Bertz CT molecular complexity index is 1170. The highest BCUT2D eigenvalue weighted by molar-refractivity contribution is 6.32. The topological polar surface area (TPSA) is 96.0 Å². The Balaban J connectivity index is 1.73. The standard InChI is InChI=1S/C27H29ClN2O6/c1-5-34-25-22(33-4)15-16-29-23(25)26(31)30-17(2)27(32)35-18(3)24(19-11-7-6-8-12-19)36-21-14-10-9-13-20(21)28/h6-18,24H,5H2,1-4H3,(H,30,31)/t17-,18-,24-/m0/s1. The fourth-order valence-electron chi connectivity index (χ4n) is 3.46. The Morgan fingerprint density at radius 2 is 1.69 bits per heavy atom. The summed E-state index contributed by atoms with van der Waals surface area (Å²) in [6, 6.07) is 17.1. The van der Waals surface area contributed by atoms with Crippen molar-refractivity contribution >= 4 is 23.5 Å². The predicted molar refractivity (Wildman–Crippen MR) is 136 cm³/mol. The molecule has 1 N–H and O–H groups in total. The van der Waals surface area contributed by atoms with E-state index in [1.165, 1.54) is 20.2 Å². The Morgan fingerprint density at radius 3 is 2.36 bits per heavy atom. The van der Waals surface area contributed by atoms with Gasteiger partial charge in [0.05, 0.1) is 18.7 Å². The maximum absolute atomic E-state index is 12.9.